The van der Waals surface area contributed by atoms with Crippen LogP contribution in [0.1, 0.15) is 11.6 Å². The van der Waals surface area contributed by atoms with Gasteiger partial charge in [-0.25, -0.2) is 9.97 Å². The molecular formula is C10H11F3N6S. The molecule has 1 N–H and O–H groups in total. The molecule has 2 aromatic heterocycles. The Morgan fingerprint density at radius 2 is 1.95 bits per heavy atom. The van der Waals surface area contributed by atoms with Crippen LogP contribution in [0.25, 0.3) is 0 Å². The van der Waals surface area contributed by atoms with Crippen molar-refractivity contribution in [1.82, 2.24) is 24.7 Å². The van der Waals surface area contributed by atoms with Crippen molar-refractivity contribution in [2.45, 2.75) is 23.3 Å². The number of aryl methyl sites for hydroxylation is 1. The van der Waals surface area contributed by atoms with E-state index < -0.39 is 12.0 Å². The molecule has 0 saturated heterocycles. The van der Waals surface area contributed by atoms with Crippen molar-refractivity contribution in [2.75, 3.05) is 12.4 Å². The minimum absolute atomic E-state index is 0.0914. The Morgan fingerprint density at radius 3 is 2.45 bits per heavy atom. The van der Waals surface area contributed by atoms with Crippen LogP contribution in [0.3, 0.4) is 0 Å². The van der Waals surface area contributed by atoms with E-state index in [-0.39, 0.29) is 10.8 Å². The molecule has 0 radical (unpaired) electrons. The zero-order valence-corrected chi connectivity index (χ0v) is 11.7. The third-order valence-corrected chi connectivity index (χ3v) is 3.42. The number of nitrogens with one attached hydrogen (secondary N) is 1. The molecular weight excluding hydrogens is 293 g/mol. The molecule has 0 amide bonds. The van der Waals surface area contributed by atoms with Crippen LogP contribution in [0.5, 0.6) is 0 Å². The molecule has 0 atom stereocenters. The first-order valence-electron chi connectivity index (χ1n) is 5.49. The van der Waals surface area contributed by atoms with Gasteiger partial charge in [0.25, 0.3) is 0 Å². The maximum absolute atomic E-state index is 12.7. The molecule has 20 heavy (non-hydrogen) atoms. The van der Waals surface area contributed by atoms with Crippen LogP contribution in [0.4, 0.5) is 19.0 Å². The molecule has 108 valence electrons. The minimum atomic E-state index is -4.60. The molecule has 0 aliphatic heterocycles. The third-order valence-electron chi connectivity index (χ3n) is 2.46. The summed E-state index contributed by atoms with van der Waals surface area (Å²) in [4.78, 5) is 6.89. The maximum atomic E-state index is 12.7. The molecule has 0 aromatic carbocycles. The van der Waals surface area contributed by atoms with Crippen LogP contribution in [0, 0.1) is 6.92 Å². The van der Waals surface area contributed by atoms with Crippen molar-refractivity contribution in [3.8, 4) is 0 Å². The van der Waals surface area contributed by atoms with Gasteiger partial charge in [0.05, 0.1) is 0 Å². The molecule has 2 rings (SSSR count). The Labute approximate surface area is 116 Å². The van der Waals surface area contributed by atoms with Gasteiger partial charge >= 0.3 is 6.18 Å². The lowest BCUT2D eigenvalue weighted by Gasteiger charge is -2.09. The summed E-state index contributed by atoms with van der Waals surface area (Å²) < 4.78 is 39.8. The third kappa shape index (κ3) is 3.00. The smallest absolute Gasteiger partial charge is 0.373 e. The highest BCUT2D eigenvalue weighted by Crippen LogP contribution is 2.31. The number of alkyl halides is 3. The van der Waals surface area contributed by atoms with Crippen LogP contribution in [-0.2, 0) is 13.2 Å². The van der Waals surface area contributed by atoms with Gasteiger partial charge in [-0.15, -0.1) is 10.2 Å². The summed E-state index contributed by atoms with van der Waals surface area (Å²) in [6.07, 6.45) is -4.60. The van der Waals surface area contributed by atoms with Crippen molar-refractivity contribution >= 4 is 17.6 Å². The first-order valence-corrected chi connectivity index (χ1v) is 6.31. The Bertz CT molecular complexity index is 624. The fraction of sp³-hybridized carbons (Fsp3) is 0.400. The summed E-state index contributed by atoms with van der Waals surface area (Å²) in [5.41, 5.74) is 0. The number of rotatable bonds is 3. The minimum Gasteiger partial charge on any atom is -0.373 e. The highest BCUT2D eigenvalue weighted by Gasteiger charge is 2.35. The van der Waals surface area contributed by atoms with E-state index in [2.05, 4.69) is 25.5 Å². The maximum Gasteiger partial charge on any atom is 0.451 e. The lowest BCUT2D eigenvalue weighted by molar-refractivity contribution is -0.145. The monoisotopic (exact) mass is 304 g/mol. The topological polar surface area (TPSA) is 68.5 Å². The molecule has 0 bridgehead atoms. The van der Waals surface area contributed by atoms with E-state index in [1.807, 2.05) is 0 Å². The standard InChI is InChI=1S/C10H11F3N6S/c1-5-17-18-9(19(5)3)20-7-4-6(14-2)15-8(16-7)10(11,12)13/h4H,1-3H3,(H,14,15,16). The Hall–Kier alpha value is -1.84. The Balaban J connectivity index is 2.39. The molecule has 0 fully saturated rings. The SMILES string of the molecule is CNc1cc(Sc2nnc(C)n2C)nc(C(F)(F)F)n1. The molecule has 0 aliphatic rings. The van der Waals surface area contributed by atoms with E-state index in [0.29, 0.717) is 11.0 Å². The van der Waals surface area contributed by atoms with Gasteiger partial charge in [0.2, 0.25) is 5.82 Å². The summed E-state index contributed by atoms with van der Waals surface area (Å²) in [5, 5.41) is 10.9. The van der Waals surface area contributed by atoms with Crippen LogP contribution >= 0.6 is 11.8 Å². The van der Waals surface area contributed by atoms with E-state index in [1.54, 1.807) is 18.5 Å². The largest absolute Gasteiger partial charge is 0.451 e. The molecule has 2 heterocycles. The van der Waals surface area contributed by atoms with Gasteiger partial charge in [-0.3, -0.25) is 0 Å². The summed E-state index contributed by atoms with van der Waals surface area (Å²) >= 11 is 0.993. The first-order chi connectivity index (χ1) is 9.31. The van der Waals surface area contributed by atoms with Crippen molar-refractivity contribution in [3.05, 3.63) is 17.7 Å². The van der Waals surface area contributed by atoms with Gasteiger partial charge < -0.3 is 9.88 Å². The van der Waals surface area contributed by atoms with Crippen molar-refractivity contribution in [2.24, 2.45) is 7.05 Å². The summed E-state index contributed by atoms with van der Waals surface area (Å²) in [5.74, 6) is -0.439. The van der Waals surface area contributed by atoms with E-state index in [1.165, 1.54) is 13.1 Å². The number of aromatic nitrogens is 5. The second-order valence-corrected chi connectivity index (χ2v) is 4.84. The van der Waals surface area contributed by atoms with E-state index in [4.69, 9.17) is 0 Å². The highest BCUT2D eigenvalue weighted by atomic mass is 32.2. The van der Waals surface area contributed by atoms with E-state index in [9.17, 15) is 13.2 Å². The van der Waals surface area contributed by atoms with Crippen LogP contribution < -0.4 is 5.32 Å². The fourth-order valence-corrected chi connectivity index (χ4v) is 2.14. The predicted octanol–water partition coefficient (Wildman–Crippen LogP) is 2.13. The van der Waals surface area contributed by atoms with Crippen molar-refractivity contribution in [3.63, 3.8) is 0 Å². The average molecular weight is 304 g/mol. The second-order valence-electron chi connectivity index (χ2n) is 3.85. The summed E-state index contributed by atoms with van der Waals surface area (Å²) in [7, 11) is 3.21. The van der Waals surface area contributed by atoms with Gasteiger partial charge in [-0.1, -0.05) is 0 Å². The highest BCUT2D eigenvalue weighted by molar-refractivity contribution is 7.99. The van der Waals surface area contributed by atoms with Crippen LogP contribution in [-0.4, -0.2) is 31.8 Å². The molecule has 10 heteroatoms. The summed E-state index contributed by atoms with van der Waals surface area (Å²) in [6, 6.07) is 1.42. The van der Waals surface area contributed by atoms with Gasteiger partial charge in [-0.2, -0.15) is 13.2 Å². The summed E-state index contributed by atoms with van der Waals surface area (Å²) in [6.45, 7) is 1.75. The molecule has 2 aromatic rings. The van der Waals surface area contributed by atoms with E-state index in [0.717, 1.165) is 11.8 Å². The fourth-order valence-electron chi connectivity index (χ4n) is 1.30. The molecule has 6 nitrogen and oxygen atoms in total. The van der Waals surface area contributed by atoms with Gasteiger partial charge in [0.1, 0.15) is 16.7 Å². The van der Waals surface area contributed by atoms with E-state index >= 15 is 0 Å². The zero-order chi connectivity index (χ0) is 14.9. The van der Waals surface area contributed by atoms with Crippen LogP contribution in [0.2, 0.25) is 0 Å². The van der Waals surface area contributed by atoms with Gasteiger partial charge in [0.15, 0.2) is 5.16 Å². The second kappa shape index (κ2) is 5.27. The first kappa shape index (κ1) is 14.6. The number of anilines is 1. The Kier molecular flexibility index (Phi) is 3.84. The predicted molar refractivity (Wildman–Crippen MR) is 66.4 cm³/mol. The lowest BCUT2D eigenvalue weighted by atomic mass is 10.5. The van der Waals surface area contributed by atoms with Crippen molar-refractivity contribution < 1.29 is 13.2 Å². The molecule has 0 spiro atoms. The normalized spacial score (nSPS) is 11.7. The lowest BCUT2D eigenvalue weighted by Crippen LogP contribution is -2.13. The van der Waals surface area contributed by atoms with Crippen molar-refractivity contribution in [1.29, 1.82) is 0 Å². The Morgan fingerprint density at radius 1 is 1.25 bits per heavy atom. The van der Waals surface area contributed by atoms with Gasteiger partial charge in [-0.05, 0) is 18.7 Å². The number of hydrogen-bond acceptors (Lipinski definition) is 6. The molecule has 0 saturated carbocycles. The van der Waals surface area contributed by atoms with Crippen LogP contribution in [0.15, 0.2) is 16.2 Å². The molecule has 0 unspecified atom stereocenters. The molecule has 0 aliphatic carbocycles. The zero-order valence-electron chi connectivity index (χ0n) is 10.9. The number of nitrogens with zero attached hydrogens (tertiary/aromatic N) is 5. The quantitative estimate of drug-likeness (QED) is 0.876. The number of hydrogen-bond donors (Lipinski definition) is 1. The van der Waals surface area contributed by atoms with Gasteiger partial charge in [0, 0.05) is 20.2 Å². The average Bonchev–Trinajstić information content (AvgIpc) is 2.69. The number of halogens is 3.